The number of carbonyl (C=O) groups is 1. The van der Waals surface area contributed by atoms with Crippen LogP contribution in [-0.2, 0) is 9.53 Å². The second-order valence-electron chi connectivity index (χ2n) is 6.55. The first-order valence-electron chi connectivity index (χ1n) is 10.1. The van der Waals surface area contributed by atoms with Crippen LogP contribution in [0.3, 0.4) is 0 Å². The maximum absolute atomic E-state index is 11.1. The molecule has 0 saturated carbocycles. The fourth-order valence-electron chi connectivity index (χ4n) is 2.59. The first kappa shape index (κ1) is 24.6. The van der Waals surface area contributed by atoms with Gasteiger partial charge in [0.1, 0.15) is 0 Å². The van der Waals surface area contributed by atoms with Crippen LogP contribution in [0.15, 0.2) is 36.5 Å². The number of unbranched alkanes of at least 4 members (excludes halogenated alkanes) is 6. The molecule has 0 aromatic heterocycles. The van der Waals surface area contributed by atoms with Gasteiger partial charge in [0.2, 0.25) is 0 Å². The highest BCUT2D eigenvalue weighted by Crippen LogP contribution is 2.13. The van der Waals surface area contributed by atoms with Gasteiger partial charge in [-0.2, -0.15) is 0 Å². The first-order chi connectivity index (χ1) is 12.6. The van der Waals surface area contributed by atoms with Crippen LogP contribution in [0.2, 0.25) is 0 Å². The lowest BCUT2D eigenvalue weighted by molar-refractivity contribution is -0.137. The number of esters is 1. The molecule has 0 aliphatic heterocycles. The van der Waals surface area contributed by atoms with Crippen molar-refractivity contribution in [2.24, 2.45) is 0 Å². The van der Waals surface area contributed by atoms with Crippen LogP contribution in [0.4, 0.5) is 0 Å². The van der Waals surface area contributed by atoms with Crippen molar-refractivity contribution in [1.82, 2.24) is 0 Å². The number of hydrogen-bond donors (Lipinski definition) is 2. The molecule has 0 aromatic carbocycles. The Bertz CT molecular complexity index is 412. The van der Waals surface area contributed by atoms with Crippen molar-refractivity contribution in [3.63, 3.8) is 0 Å². The Kier molecular flexibility index (Phi) is 17.4. The minimum atomic E-state index is -0.623. The molecule has 0 rings (SSSR count). The largest absolute Gasteiger partial charge is 0.463 e. The van der Waals surface area contributed by atoms with Gasteiger partial charge in [0.25, 0.3) is 0 Å². The first-order valence-corrected chi connectivity index (χ1v) is 10.1. The second kappa shape index (κ2) is 18.4. The lowest BCUT2D eigenvalue weighted by Gasteiger charge is -2.17. The molecule has 2 atom stereocenters. The molecule has 0 aliphatic carbocycles. The van der Waals surface area contributed by atoms with E-state index in [0.717, 1.165) is 25.7 Å². The van der Waals surface area contributed by atoms with Crippen LogP contribution < -0.4 is 0 Å². The topological polar surface area (TPSA) is 66.8 Å². The number of carbonyl (C=O) groups excluding carboxylic acids is 1. The van der Waals surface area contributed by atoms with Gasteiger partial charge in [0, 0.05) is 6.08 Å². The Morgan fingerprint density at radius 3 is 2.15 bits per heavy atom. The van der Waals surface area contributed by atoms with Gasteiger partial charge in [-0.05, 0) is 32.6 Å². The zero-order valence-electron chi connectivity index (χ0n) is 16.6. The summed E-state index contributed by atoms with van der Waals surface area (Å²) < 4.78 is 4.77. The van der Waals surface area contributed by atoms with E-state index in [4.69, 9.17) is 4.74 Å². The van der Waals surface area contributed by atoms with E-state index in [-0.39, 0.29) is 5.97 Å². The summed E-state index contributed by atoms with van der Waals surface area (Å²) in [5.41, 5.74) is 0. The summed E-state index contributed by atoms with van der Waals surface area (Å²) in [4.78, 5) is 11.1. The van der Waals surface area contributed by atoms with E-state index in [1.54, 1.807) is 19.1 Å². The molecule has 150 valence electrons. The van der Waals surface area contributed by atoms with Gasteiger partial charge in [-0.15, -0.1) is 0 Å². The van der Waals surface area contributed by atoms with Crippen LogP contribution in [0.5, 0.6) is 0 Å². The van der Waals surface area contributed by atoms with E-state index in [0.29, 0.717) is 19.4 Å². The molecule has 0 fully saturated rings. The summed E-state index contributed by atoms with van der Waals surface area (Å²) in [6.45, 7) is 4.36. The van der Waals surface area contributed by atoms with Crippen LogP contribution >= 0.6 is 0 Å². The number of aliphatic hydroxyl groups is 2. The van der Waals surface area contributed by atoms with Crippen molar-refractivity contribution in [1.29, 1.82) is 0 Å². The van der Waals surface area contributed by atoms with E-state index in [1.807, 2.05) is 18.2 Å². The van der Waals surface area contributed by atoms with Crippen LogP contribution in [0.1, 0.15) is 78.1 Å². The Balaban J connectivity index is 3.67. The fraction of sp³-hybridized carbons (Fsp3) is 0.682. The molecule has 4 nitrogen and oxygen atoms in total. The number of rotatable bonds is 16. The number of aliphatic hydroxyl groups excluding tert-OH is 2. The Hall–Kier alpha value is -1.39. The van der Waals surface area contributed by atoms with E-state index >= 15 is 0 Å². The third kappa shape index (κ3) is 16.1. The highest BCUT2D eigenvalue weighted by molar-refractivity contribution is 5.82. The third-order valence-electron chi connectivity index (χ3n) is 4.16. The van der Waals surface area contributed by atoms with Gasteiger partial charge in [-0.1, -0.05) is 75.8 Å². The smallest absolute Gasteiger partial charge is 0.330 e. The van der Waals surface area contributed by atoms with E-state index in [1.165, 1.54) is 31.8 Å². The van der Waals surface area contributed by atoms with E-state index in [9.17, 15) is 15.0 Å². The molecule has 0 radical (unpaired) electrons. The quantitative estimate of drug-likeness (QED) is 0.177. The maximum atomic E-state index is 11.1. The molecule has 0 saturated heterocycles. The van der Waals surface area contributed by atoms with Crippen molar-refractivity contribution < 1.29 is 19.7 Å². The van der Waals surface area contributed by atoms with Gasteiger partial charge in [0.15, 0.2) is 0 Å². The number of ether oxygens (including phenoxy) is 1. The summed E-state index contributed by atoms with van der Waals surface area (Å²) in [6, 6.07) is 0. The van der Waals surface area contributed by atoms with Crippen molar-refractivity contribution >= 4 is 5.97 Å². The molecule has 0 aliphatic rings. The monoisotopic (exact) mass is 366 g/mol. The maximum Gasteiger partial charge on any atom is 0.330 e. The average Bonchev–Trinajstić information content (AvgIpc) is 2.63. The molecule has 0 bridgehead atoms. The van der Waals surface area contributed by atoms with Crippen molar-refractivity contribution in [3.8, 4) is 0 Å². The SMILES string of the molecule is CCCCCCCC[C@H](O)[C@@H](O)CCCC=CC=CC=CC(=O)OCC. The van der Waals surface area contributed by atoms with Gasteiger partial charge < -0.3 is 14.9 Å². The summed E-state index contributed by atoms with van der Waals surface area (Å²) in [5.74, 6) is -0.338. The predicted octanol–water partition coefficient (Wildman–Crippen LogP) is 4.86. The zero-order chi connectivity index (χ0) is 19.5. The lowest BCUT2D eigenvalue weighted by Crippen LogP contribution is -2.25. The van der Waals surface area contributed by atoms with Gasteiger partial charge in [-0.3, -0.25) is 0 Å². The predicted molar refractivity (Wildman–Crippen MR) is 108 cm³/mol. The summed E-state index contributed by atoms with van der Waals surface area (Å²) in [7, 11) is 0. The van der Waals surface area contributed by atoms with Gasteiger partial charge in [0.05, 0.1) is 18.8 Å². The fourth-order valence-corrected chi connectivity index (χ4v) is 2.59. The van der Waals surface area contributed by atoms with Crippen LogP contribution in [-0.4, -0.2) is 35.0 Å². The molecule has 4 heteroatoms. The standard InChI is InChI=1S/C22H38O4/c1-3-5-6-7-11-14-17-20(23)21(24)18-15-12-9-8-10-13-16-19-22(25)26-4-2/h8-10,13,16,19-21,23-24H,3-7,11-12,14-15,17-18H2,1-2H3/t20-,21-/m0/s1. The Morgan fingerprint density at radius 1 is 0.846 bits per heavy atom. The molecule has 26 heavy (non-hydrogen) atoms. The molecule has 0 spiro atoms. The summed E-state index contributed by atoms with van der Waals surface area (Å²) in [5, 5.41) is 20.0. The van der Waals surface area contributed by atoms with E-state index in [2.05, 4.69) is 6.92 Å². The lowest BCUT2D eigenvalue weighted by atomic mass is 10.0. The zero-order valence-corrected chi connectivity index (χ0v) is 16.6. The summed E-state index contributed by atoms with van der Waals surface area (Å²) >= 11 is 0. The van der Waals surface area contributed by atoms with Crippen molar-refractivity contribution in [3.05, 3.63) is 36.5 Å². The van der Waals surface area contributed by atoms with Gasteiger partial charge >= 0.3 is 5.97 Å². The van der Waals surface area contributed by atoms with Crippen LogP contribution in [0, 0.1) is 0 Å². The third-order valence-corrected chi connectivity index (χ3v) is 4.16. The van der Waals surface area contributed by atoms with Crippen molar-refractivity contribution in [2.45, 2.75) is 90.3 Å². The molecule has 0 amide bonds. The Labute approximate surface area is 159 Å². The molecular weight excluding hydrogens is 328 g/mol. The minimum Gasteiger partial charge on any atom is -0.463 e. The molecule has 0 heterocycles. The second-order valence-corrected chi connectivity index (χ2v) is 6.55. The number of allylic oxidation sites excluding steroid dienone is 5. The van der Waals surface area contributed by atoms with Crippen LogP contribution in [0.25, 0.3) is 0 Å². The molecular formula is C22H38O4. The van der Waals surface area contributed by atoms with Gasteiger partial charge in [-0.25, -0.2) is 4.79 Å². The molecule has 0 aromatic rings. The highest BCUT2D eigenvalue weighted by Gasteiger charge is 2.14. The molecule has 0 unspecified atom stereocenters. The van der Waals surface area contributed by atoms with E-state index < -0.39 is 12.2 Å². The normalized spacial score (nSPS) is 14.5. The number of hydrogen-bond acceptors (Lipinski definition) is 4. The molecule has 2 N–H and O–H groups in total. The minimum absolute atomic E-state index is 0.338. The summed E-state index contributed by atoms with van der Waals surface area (Å²) in [6.07, 6.45) is 19.5. The Morgan fingerprint density at radius 2 is 1.46 bits per heavy atom. The highest BCUT2D eigenvalue weighted by atomic mass is 16.5. The average molecular weight is 367 g/mol. The van der Waals surface area contributed by atoms with Crippen molar-refractivity contribution in [2.75, 3.05) is 6.61 Å².